The Bertz CT molecular complexity index is 645. The van der Waals surface area contributed by atoms with E-state index in [1.807, 2.05) is 0 Å². The van der Waals surface area contributed by atoms with Gasteiger partial charge in [-0.05, 0) is 13.8 Å². The molecule has 0 saturated carbocycles. The average molecular weight is 323 g/mol. The van der Waals surface area contributed by atoms with Crippen LogP contribution in [-0.4, -0.2) is 77.0 Å². The highest BCUT2D eigenvalue weighted by molar-refractivity contribution is 6.21. The van der Waals surface area contributed by atoms with Gasteiger partial charge >= 0.3 is 0 Å². The van der Waals surface area contributed by atoms with E-state index >= 15 is 0 Å². The van der Waals surface area contributed by atoms with E-state index in [2.05, 4.69) is 15.0 Å². The van der Waals surface area contributed by atoms with Gasteiger partial charge in [-0.25, -0.2) is 0 Å². The number of aliphatic imine (C=N–C) groups is 3. The average Bonchev–Trinajstić information content (AvgIpc) is 3.09. The first-order valence-electron chi connectivity index (χ1n) is 7.30. The van der Waals surface area contributed by atoms with Gasteiger partial charge in [0.25, 0.3) is 5.91 Å². The van der Waals surface area contributed by atoms with Crippen molar-refractivity contribution in [3.05, 3.63) is 0 Å². The SMILES string of the molecule is CC1(C)OC2[C@@H](CO)O[C@@H](N3C=NC4C(=O)N=C(N)N=C43)[C@H]2O1. The van der Waals surface area contributed by atoms with Crippen LogP contribution in [0, 0.1) is 0 Å². The van der Waals surface area contributed by atoms with E-state index in [1.165, 1.54) is 6.34 Å². The van der Waals surface area contributed by atoms with Gasteiger partial charge in [0.1, 0.15) is 18.3 Å². The third-order valence-electron chi connectivity index (χ3n) is 4.12. The highest BCUT2D eigenvalue weighted by Crippen LogP contribution is 2.40. The molecule has 2 unspecified atom stereocenters. The Labute approximate surface area is 131 Å². The van der Waals surface area contributed by atoms with Crippen LogP contribution >= 0.6 is 0 Å². The number of ether oxygens (including phenoxy) is 3. The fraction of sp³-hybridized carbons (Fsp3) is 0.692. The second-order valence-corrected chi connectivity index (χ2v) is 6.17. The van der Waals surface area contributed by atoms with Crippen molar-refractivity contribution in [2.45, 2.75) is 50.2 Å². The standard InChI is InChI=1S/C13H17N5O5/c1-13(2)22-7-5(3-19)21-11(8(7)23-13)18-4-15-6-9(18)16-12(14)17-10(6)20/h4-8,11,19H,3H2,1-2H3,(H2,14,17,20)/t5-,6?,7?,8+,11-/m1/s1. The fourth-order valence-electron chi connectivity index (χ4n) is 3.24. The lowest BCUT2D eigenvalue weighted by Crippen LogP contribution is -2.49. The summed E-state index contributed by atoms with van der Waals surface area (Å²) < 4.78 is 17.5. The topological polar surface area (TPSA) is 131 Å². The molecule has 4 rings (SSSR count). The number of carbonyl (C=O) groups is 1. The van der Waals surface area contributed by atoms with Crippen LogP contribution in [0.5, 0.6) is 0 Å². The number of carbonyl (C=O) groups excluding carboxylic acids is 1. The molecule has 3 N–H and O–H groups in total. The van der Waals surface area contributed by atoms with Crippen LogP contribution in [0.15, 0.2) is 15.0 Å². The molecule has 0 radical (unpaired) electrons. The third-order valence-corrected chi connectivity index (χ3v) is 4.12. The second-order valence-electron chi connectivity index (χ2n) is 6.17. The molecule has 5 atom stereocenters. The first kappa shape index (κ1) is 14.7. The fourth-order valence-corrected chi connectivity index (χ4v) is 3.24. The molecule has 10 nitrogen and oxygen atoms in total. The molecule has 0 aromatic rings. The van der Waals surface area contributed by atoms with Crippen molar-refractivity contribution in [3.8, 4) is 0 Å². The molecular formula is C13H17N5O5. The van der Waals surface area contributed by atoms with Crippen LogP contribution in [-0.2, 0) is 19.0 Å². The molecule has 0 spiro atoms. The van der Waals surface area contributed by atoms with Gasteiger partial charge in [-0.15, -0.1) is 0 Å². The molecule has 4 aliphatic heterocycles. The summed E-state index contributed by atoms with van der Waals surface area (Å²) in [5, 5.41) is 9.52. The van der Waals surface area contributed by atoms with Crippen LogP contribution in [0.25, 0.3) is 0 Å². The van der Waals surface area contributed by atoms with Crippen molar-refractivity contribution in [1.29, 1.82) is 0 Å². The van der Waals surface area contributed by atoms with Gasteiger partial charge in [-0.3, -0.25) is 14.7 Å². The minimum Gasteiger partial charge on any atom is -0.394 e. The van der Waals surface area contributed by atoms with Gasteiger partial charge < -0.3 is 25.1 Å². The first-order valence-corrected chi connectivity index (χ1v) is 7.30. The van der Waals surface area contributed by atoms with Crippen molar-refractivity contribution in [2.75, 3.05) is 6.61 Å². The second kappa shape index (κ2) is 4.81. The Hall–Kier alpha value is -1.88. The maximum atomic E-state index is 11.9. The largest absolute Gasteiger partial charge is 0.394 e. The number of nitrogens with zero attached hydrogens (tertiary/aromatic N) is 4. The van der Waals surface area contributed by atoms with Crippen LogP contribution in [0.4, 0.5) is 0 Å². The zero-order valence-corrected chi connectivity index (χ0v) is 12.6. The van der Waals surface area contributed by atoms with E-state index in [-0.39, 0.29) is 12.6 Å². The Morgan fingerprint density at radius 1 is 1.35 bits per heavy atom. The Kier molecular flexibility index (Phi) is 3.07. The molecule has 4 heterocycles. The lowest BCUT2D eigenvalue weighted by atomic mass is 10.1. The molecule has 0 aliphatic carbocycles. The number of aliphatic hydroxyl groups excluding tert-OH is 1. The lowest BCUT2D eigenvalue weighted by Gasteiger charge is -2.29. The highest BCUT2D eigenvalue weighted by atomic mass is 16.8. The van der Waals surface area contributed by atoms with E-state index < -0.39 is 42.3 Å². The zero-order chi connectivity index (χ0) is 16.4. The number of rotatable bonds is 2. The van der Waals surface area contributed by atoms with Crippen LogP contribution in [0.1, 0.15) is 13.8 Å². The summed E-state index contributed by atoms with van der Waals surface area (Å²) in [5.41, 5.74) is 5.57. The molecule has 23 heavy (non-hydrogen) atoms. The van der Waals surface area contributed by atoms with Crippen molar-refractivity contribution < 1.29 is 24.1 Å². The van der Waals surface area contributed by atoms with E-state index in [4.69, 9.17) is 19.9 Å². The number of fused-ring (bicyclic) bond motifs is 2. The van der Waals surface area contributed by atoms with Crippen molar-refractivity contribution in [3.63, 3.8) is 0 Å². The number of amidine groups is 1. The van der Waals surface area contributed by atoms with Crippen LogP contribution in [0.2, 0.25) is 0 Å². The smallest absolute Gasteiger partial charge is 0.281 e. The molecule has 2 fully saturated rings. The van der Waals surface area contributed by atoms with E-state index in [1.54, 1.807) is 18.7 Å². The minimum absolute atomic E-state index is 0.117. The first-order chi connectivity index (χ1) is 10.9. The van der Waals surface area contributed by atoms with Crippen LogP contribution < -0.4 is 5.73 Å². The monoisotopic (exact) mass is 323 g/mol. The number of nitrogens with two attached hydrogens (primary N) is 1. The third kappa shape index (κ3) is 2.17. The Morgan fingerprint density at radius 3 is 2.83 bits per heavy atom. The molecule has 124 valence electrons. The molecule has 4 aliphatic rings. The molecule has 2 saturated heterocycles. The quantitative estimate of drug-likeness (QED) is 0.612. The summed E-state index contributed by atoms with van der Waals surface area (Å²) in [6, 6.07) is -0.812. The predicted octanol–water partition coefficient (Wildman–Crippen LogP) is -1.81. The molecule has 0 aromatic heterocycles. The van der Waals surface area contributed by atoms with Gasteiger partial charge in [-0.2, -0.15) is 9.98 Å². The van der Waals surface area contributed by atoms with E-state index in [9.17, 15) is 9.90 Å². The summed E-state index contributed by atoms with van der Waals surface area (Å²) in [7, 11) is 0. The summed E-state index contributed by atoms with van der Waals surface area (Å²) in [4.78, 5) is 25.3. The normalized spacial score (nSPS) is 40.9. The minimum atomic E-state index is -0.812. The van der Waals surface area contributed by atoms with Gasteiger partial charge in [0, 0.05) is 0 Å². The summed E-state index contributed by atoms with van der Waals surface area (Å²) in [6.45, 7) is 3.38. The highest BCUT2D eigenvalue weighted by Gasteiger charge is 2.58. The van der Waals surface area contributed by atoms with Gasteiger partial charge in [0.2, 0.25) is 5.96 Å². The van der Waals surface area contributed by atoms with Crippen molar-refractivity contribution >= 4 is 24.0 Å². The molecular weight excluding hydrogens is 306 g/mol. The van der Waals surface area contributed by atoms with E-state index in [0.717, 1.165) is 0 Å². The summed E-state index contributed by atoms with van der Waals surface area (Å²) in [5.74, 6) is -1.03. The Balaban J connectivity index is 1.65. The molecule has 0 aromatic carbocycles. The summed E-state index contributed by atoms with van der Waals surface area (Å²) >= 11 is 0. The number of amides is 1. The van der Waals surface area contributed by atoms with Gasteiger partial charge in [-0.1, -0.05) is 0 Å². The zero-order valence-electron chi connectivity index (χ0n) is 12.6. The Morgan fingerprint density at radius 2 is 2.09 bits per heavy atom. The molecule has 1 amide bonds. The molecule has 0 bridgehead atoms. The number of guanidine groups is 1. The van der Waals surface area contributed by atoms with Gasteiger partial charge in [0.15, 0.2) is 23.9 Å². The van der Waals surface area contributed by atoms with Crippen molar-refractivity contribution in [1.82, 2.24) is 4.90 Å². The lowest BCUT2D eigenvalue weighted by molar-refractivity contribution is -0.198. The maximum Gasteiger partial charge on any atom is 0.281 e. The van der Waals surface area contributed by atoms with Crippen molar-refractivity contribution in [2.24, 2.45) is 20.7 Å². The summed E-state index contributed by atoms with van der Waals surface area (Å²) in [6.07, 6.45) is -0.565. The maximum absolute atomic E-state index is 11.9. The van der Waals surface area contributed by atoms with Crippen LogP contribution in [0.3, 0.4) is 0 Å². The predicted molar refractivity (Wildman–Crippen MR) is 77.8 cm³/mol. The number of hydrogen-bond donors (Lipinski definition) is 2. The van der Waals surface area contributed by atoms with Gasteiger partial charge in [0.05, 0.1) is 12.9 Å². The van der Waals surface area contributed by atoms with E-state index in [0.29, 0.717) is 5.84 Å². The number of aliphatic hydroxyl groups is 1. The molecule has 10 heteroatoms. The number of hydrogen-bond acceptors (Lipinski definition) is 9.